The largest absolute Gasteiger partial charge is 0.316 e. The third kappa shape index (κ3) is 1.57. The molecule has 0 saturated heterocycles. The molecule has 1 aromatic rings. The lowest BCUT2D eigenvalue weighted by Gasteiger charge is -2.65. The van der Waals surface area contributed by atoms with Crippen LogP contribution in [0.3, 0.4) is 0 Å². The quantitative estimate of drug-likeness (QED) is 0.841. The first-order chi connectivity index (χ1) is 8.95. The molecule has 4 atom stereocenters. The summed E-state index contributed by atoms with van der Waals surface area (Å²) in [6.45, 7) is 9.65. The maximum absolute atomic E-state index is 3.61. The Hall–Kier alpha value is -0.820. The van der Waals surface area contributed by atoms with Crippen molar-refractivity contribution in [1.29, 1.82) is 0 Å². The summed E-state index contributed by atoms with van der Waals surface area (Å²) in [6.07, 6.45) is 2.57. The van der Waals surface area contributed by atoms with E-state index in [0.717, 1.165) is 11.8 Å². The molecule has 0 aromatic heterocycles. The molecule has 19 heavy (non-hydrogen) atoms. The fourth-order valence-corrected chi connectivity index (χ4v) is 5.13. The zero-order valence-electron chi connectivity index (χ0n) is 13.0. The third-order valence-electron chi connectivity index (χ3n) is 6.12. The van der Waals surface area contributed by atoms with Gasteiger partial charge in [-0.3, -0.25) is 0 Å². The molecule has 2 aliphatic rings. The van der Waals surface area contributed by atoms with Crippen molar-refractivity contribution in [2.45, 2.75) is 57.9 Å². The van der Waals surface area contributed by atoms with Gasteiger partial charge in [0.05, 0.1) is 0 Å². The van der Waals surface area contributed by atoms with Gasteiger partial charge in [-0.2, -0.15) is 0 Å². The Kier molecular flexibility index (Phi) is 2.83. The Balaban J connectivity index is 2.11. The summed E-state index contributed by atoms with van der Waals surface area (Å²) in [4.78, 5) is 0. The molecule has 3 rings (SSSR count). The van der Waals surface area contributed by atoms with Crippen molar-refractivity contribution >= 4 is 0 Å². The van der Waals surface area contributed by atoms with Crippen LogP contribution < -0.4 is 5.32 Å². The highest BCUT2D eigenvalue weighted by Crippen LogP contribution is 2.65. The average Bonchev–Trinajstić information content (AvgIpc) is 2.38. The summed E-state index contributed by atoms with van der Waals surface area (Å²) in [5.41, 5.74) is 3.96. The predicted octanol–water partition coefficient (Wildman–Crippen LogP) is 4.09. The highest BCUT2D eigenvalue weighted by atomic mass is 15.0. The summed E-state index contributed by atoms with van der Waals surface area (Å²) in [7, 11) is 2.14. The molecule has 0 heterocycles. The van der Waals surface area contributed by atoms with Gasteiger partial charge in [0, 0.05) is 6.04 Å². The van der Waals surface area contributed by atoms with Crippen LogP contribution >= 0.6 is 0 Å². The molecule has 104 valence electrons. The van der Waals surface area contributed by atoms with Gasteiger partial charge in [-0.15, -0.1) is 0 Å². The molecule has 1 fully saturated rings. The molecule has 0 bridgehead atoms. The van der Waals surface area contributed by atoms with Crippen molar-refractivity contribution in [3.8, 4) is 0 Å². The van der Waals surface area contributed by atoms with Gasteiger partial charge in [-0.05, 0) is 53.7 Å². The van der Waals surface area contributed by atoms with Crippen LogP contribution in [-0.4, -0.2) is 13.1 Å². The van der Waals surface area contributed by atoms with E-state index in [1.807, 2.05) is 0 Å². The minimum Gasteiger partial charge on any atom is -0.316 e. The number of fused-ring (bicyclic) bond motifs is 3. The Morgan fingerprint density at radius 2 is 1.89 bits per heavy atom. The smallest absolute Gasteiger partial charge is 0.0158 e. The summed E-state index contributed by atoms with van der Waals surface area (Å²) < 4.78 is 0. The molecule has 1 saturated carbocycles. The molecule has 0 spiro atoms. The minimum absolute atomic E-state index is 0.321. The number of benzene rings is 1. The van der Waals surface area contributed by atoms with E-state index in [4.69, 9.17) is 0 Å². The first-order valence-corrected chi connectivity index (χ1v) is 7.72. The molecular weight excluding hydrogens is 230 g/mol. The summed E-state index contributed by atoms with van der Waals surface area (Å²) in [5, 5.41) is 3.61. The van der Waals surface area contributed by atoms with Crippen molar-refractivity contribution < 1.29 is 0 Å². The van der Waals surface area contributed by atoms with Gasteiger partial charge in [0.15, 0.2) is 0 Å². The van der Waals surface area contributed by atoms with Crippen LogP contribution in [0, 0.1) is 11.3 Å². The molecule has 1 N–H and O–H groups in total. The lowest BCUT2D eigenvalue weighted by atomic mass is 9.42. The monoisotopic (exact) mass is 257 g/mol. The van der Waals surface area contributed by atoms with Crippen molar-refractivity contribution in [3.05, 3.63) is 35.4 Å². The normalized spacial score (nSPS) is 39.1. The number of nitrogens with one attached hydrogen (secondary N) is 1. The second-order valence-electron chi connectivity index (χ2n) is 7.44. The first-order valence-electron chi connectivity index (χ1n) is 7.72. The SMILES string of the molecule is CCC1(C)C(NC)C2CC(C)(C)c3ccccc3C21. The second kappa shape index (κ2) is 4.09. The van der Waals surface area contributed by atoms with Gasteiger partial charge in [0.25, 0.3) is 0 Å². The van der Waals surface area contributed by atoms with Gasteiger partial charge in [0.2, 0.25) is 0 Å². The molecular formula is C18H27N. The van der Waals surface area contributed by atoms with Crippen molar-refractivity contribution in [3.63, 3.8) is 0 Å². The van der Waals surface area contributed by atoms with E-state index in [0.29, 0.717) is 16.9 Å². The van der Waals surface area contributed by atoms with E-state index in [2.05, 4.69) is 64.3 Å². The van der Waals surface area contributed by atoms with Crippen LogP contribution in [0.2, 0.25) is 0 Å². The Morgan fingerprint density at radius 1 is 1.21 bits per heavy atom. The van der Waals surface area contributed by atoms with E-state index in [1.165, 1.54) is 12.8 Å². The minimum atomic E-state index is 0.321. The lowest BCUT2D eigenvalue weighted by Crippen LogP contribution is -2.65. The first kappa shape index (κ1) is 13.2. The number of rotatable bonds is 2. The number of hydrogen-bond donors (Lipinski definition) is 1. The highest BCUT2D eigenvalue weighted by Gasteiger charge is 2.61. The standard InChI is InChI=1S/C18H27N/c1-6-18(4)15-12-9-7-8-10-14(12)17(2,3)11-13(15)16(18)19-5/h7-10,13,15-16,19H,6,11H2,1-5H3. The molecule has 0 radical (unpaired) electrons. The Labute approximate surface area is 117 Å². The van der Waals surface area contributed by atoms with Crippen molar-refractivity contribution in [2.24, 2.45) is 11.3 Å². The fourth-order valence-electron chi connectivity index (χ4n) is 5.13. The molecule has 2 aliphatic carbocycles. The predicted molar refractivity (Wildman–Crippen MR) is 81.6 cm³/mol. The van der Waals surface area contributed by atoms with Gasteiger partial charge in [-0.1, -0.05) is 52.0 Å². The molecule has 0 amide bonds. The number of hydrogen-bond acceptors (Lipinski definition) is 1. The van der Waals surface area contributed by atoms with E-state index in [1.54, 1.807) is 11.1 Å². The molecule has 4 unspecified atom stereocenters. The van der Waals surface area contributed by atoms with Gasteiger partial charge < -0.3 is 5.32 Å². The Morgan fingerprint density at radius 3 is 2.53 bits per heavy atom. The Bertz CT molecular complexity index is 490. The second-order valence-corrected chi connectivity index (χ2v) is 7.44. The van der Waals surface area contributed by atoms with Gasteiger partial charge in [-0.25, -0.2) is 0 Å². The highest BCUT2D eigenvalue weighted by molar-refractivity contribution is 5.44. The van der Waals surface area contributed by atoms with Gasteiger partial charge in [0.1, 0.15) is 0 Å². The third-order valence-corrected chi connectivity index (χ3v) is 6.12. The summed E-state index contributed by atoms with van der Waals surface area (Å²) >= 11 is 0. The maximum Gasteiger partial charge on any atom is 0.0158 e. The van der Waals surface area contributed by atoms with E-state index in [9.17, 15) is 0 Å². The average molecular weight is 257 g/mol. The van der Waals surface area contributed by atoms with E-state index in [-0.39, 0.29) is 0 Å². The zero-order chi connectivity index (χ0) is 13.8. The van der Waals surface area contributed by atoms with Crippen LogP contribution in [0.4, 0.5) is 0 Å². The lowest BCUT2D eigenvalue weighted by molar-refractivity contribution is -0.0487. The zero-order valence-corrected chi connectivity index (χ0v) is 13.0. The van der Waals surface area contributed by atoms with Crippen LogP contribution in [0.1, 0.15) is 57.6 Å². The molecule has 1 aromatic carbocycles. The molecule has 0 aliphatic heterocycles. The summed E-state index contributed by atoms with van der Waals surface area (Å²) in [6, 6.07) is 9.84. The van der Waals surface area contributed by atoms with Crippen LogP contribution in [-0.2, 0) is 5.41 Å². The van der Waals surface area contributed by atoms with E-state index >= 15 is 0 Å². The fraction of sp³-hybridized carbons (Fsp3) is 0.667. The van der Waals surface area contributed by atoms with Crippen molar-refractivity contribution in [2.75, 3.05) is 7.05 Å². The molecule has 1 heteroatoms. The van der Waals surface area contributed by atoms with Crippen molar-refractivity contribution in [1.82, 2.24) is 5.32 Å². The van der Waals surface area contributed by atoms with Crippen LogP contribution in [0.15, 0.2) is 24.3 Å². The van der Waals surface area contributed by atoms with Gasteiger partial charge >= 0.3 is 0 Å². The van der Waals surface area contributed by atoms with Crippen LogP contribution in [0.5, 0.6) is 0 Å². The van der Waals surface area contributed by atoms with Crippen LogP contribution in [0.25, 0.3) is 0 Å². The maximum atomic E-state index is 3.61. The summed E-state index contributed by atoms with van der Waals surface area (Å²) in [5.74, 6) is 1.55. The van der Waals surface area contributed by atoms with E-state index < -0.39 is 0 Å². The topological polar surface area (TPSA) is 12.0 Å². The molecule has 1 nitrogen and oxygen atoms in total.